The number of methoxy groups -OCH3 is 1. The zero-order chi connectivity index (χ0) is 19.9. The highest BCUT2D eigenvalue weighted by Crippen LogP contribution is 2.16. The monoisotopic (exact) mass is 377 g/mol. The van der Waals surface area contributed by atoms with Crippen molar-refractivity contribution >= 4 is 11.9 Å². The molecule has 1 heterocycles. The maximum Gasteiger partial charge on any atom is 0.305 e. The molecule has 0 fully saturated rings. The van der Waals surface area contributed by atoms with Crippen molar-refractivity contribution in [2.75, 3.05) is 13.7 Å². The average molecular weight is 377 g/mol. The van der Waals surface area contributed by atoms with E-state index < -0.39 is 17.4 Å². The van der Waals surface area contributed by atoms with Gasteiger partial charge in [-0.15, -0.1) is 0 Å². The maximum absolute atomic E-state index is 12.4. The zero-order valence-electron chi connectivity index (χ0n) is 15.5. The lowest BCUT2D eigenvalue weighted by Crippen LogP contribution is -2.50. The molecule has 1 aromatic heterocycles. The summed E-state index contributed by atoms with van der Waals surface area (Å²) in [6.45, 7) is 3.77. The van der Waals surface area contributed by atoms with Crippen LogP contribution in [0, 0.1) is 0 Å². The Morgan fingerprint density at radius 3 is 2.56 bits per heavy atom. The topological polar surface area (TPSA) is 124 Å². The van der Waals surface area contributed by atoms with E-state index in [4.69, 9.17) is 19.1 Å². The van der Waals surface area contributed by atoms with Gasteiger partial charge in [0.2, 0.25) is 11.7 Å². The number of carboxylic acid groups (broad SMARTS) is 1. The van der Waals surface area contributed by atoms with Gasteiger partial charge in [0.1, 0.15) is 5.75 Å². The largest absolute Gasteiger partial charge is 0.485 e. The average Bonchev–Trinajstić information content (AvgIpc) is 3.07. The molecule has 0 spiro atoms. The van der Waals surface area contributed by atoms with E-state index in [2.05, 4.69) is 15.5 Å². The first-order valence-corrected chi connectivity index (χ1v) is 8.43. The molecule has 2 aromatic rings. The summed E-state index contributed by atoms with van der Waals surface area (Å²) in [5, 5.41) is 15.5. The van der Waals surface area contributed by atoms with Gasteiger partial charge >= 0.3 is 5.97 Å². The molecule has 0 aliphatic carbocycles. The van der Waals surface area contributed by atoms with Crippen LogP contribution in [0.1, 0.15) is 42.3 Å². The number of carbonyl (C=O) groups is 2. The minimum atomic E-state index is -1.02. The van der Waals surface area contributed by atoms with Crippen LogP contribution in [0.4, 0.5) is 0 Å². The number of aromatic nitrogens is 2. The third-order valence-corrected chi connectivity index (χ3v) is 3.72. The van der Waals surface area contributed by atoms with Crippen molar-refractivity contribution in [3.05, 3.63) is 41.5 Å². The first-order valence-electron chi connectivity index (χ1n) is 8.43. The molecule has 0 saturated carbocycles. The molecule has 2 N–H and O–H groups in total. The van der Waals surface area contributed by atoms with Gasteiger partial charge in [-0.3, -0.25) is 9.59 Å². The molecule has 27 heavy (non-hydrogen) atoms. The van der Waals surface area contributed by atoms with Crippen molar-refractivity contribution < 1.29 is 28.7 Å². The molecular weight excluding hydrogens is 354 g/mol. The Labute approximate surface area is 156 Å². The van der Waals surface area contributed by atoms with Gasteiger partial charge in [0.25, 0.3) is 5.91 Å². The van der Waals surface area contributed by atoms with Gasteiger partial charge < -0.3 is 24.4 Å². The Morgan fingerprint density at radius 1 is 1.30 bits per heavy atom. The Morgan fingerprint density at radius 2 is 2.00 bits per heavy atom. The van der Waals surface area contributed by atoms with E-state index in [0.29, 0.717) is 29.4 Å². The minimum absolute atomic E-state index is 0.0800. The molecule has 0 saturated heterocycles. The standard InChI is InChI=1S/C18H23N3O6/c1-4-15-19-14(21-27-15)10-26-13-7-5-12(6-8-13)17(24)20-18(2,11-25-3)9-16(22)23/h5-8H,4,9-11H2,1-3H3,(H,20,24)(H,22,23). The Kier molecular flexibility index (Phi) is 6.89. The van der Waals surface area contributed by atoms with Crippen LogP contribution in [-0.4, -0.2) is 46.4 Å². The van der Waals surface area contributed by atoms with E-state index in [9.17, 15) is 9.59 Å². The summed E-state index contributed by atoms with van der Waals surface area (Å²) < 4.78 is 15.6. The lowest BCUT2D eigenvalue weighted by Gasteiger charge is -2.28. The van der Waals surface area contributed by atoms with E-state index in [0.717, 1.165) is 0 Å². The van der Waals surface area contributed by atoms with Gasteiger partial charge in [-0.05, 0) is 31.2 Å². The van der Waals surface area contributed by atoms with Gasteiger partial charge in [0, 0.05) is 19.1 Å². The van der Waals surface area contributed by atoms with Gasteiger partial charge in [-0.2, -0.15) is 4.98 Å². The number of aryl methyl sites for hydroxylation is 1. The van der Waals surface area contributed by atoms with Gasteiger partial charge in [0.05, 0.1) is 18.6 Å². The first kappa shape index (κ1) is 20.4. The van der Waals surface area contributed by atoms with Crippen LogP contribution in [0.2, 0.25) is 0 Å². The number of carbonyl (C=O) groups excluding carboxylic acids is 1. The normalized spacial score (nSPS) is 13.0. The first-order chi connectivity index (χ1) is 12.8. The number of ether oxygens (including phenoxy) is 2. The van der Waals surface area contributed by atoms with Crippen LogP contribution in [0.5, 0.6) is 5.75 Å². The van der Waals surface area contributed by atoms with Crippen molar-refractivity contribution in [1.29, 1.82) is 0 Å². The summed E-state index contributed by atoms with van der Waals surface area (Å²) >= 11 is 0. The third kappa shape index (κ3) is 6.07. The highest BCUT2D eigenvalue weighted by Gasteiger charge is 2.30. The number of rotatable bonds is 10. The van der Waals surface area contributed by atoms with E-state index in [-0.39, 0.29) is 19.6 Å². The SMILES string of the molecule is CCc1nc(COc2ccc(C(=O)NC(C)(COC)CC(=O)O)cc2)no1. The Balaban J connectivity index is 1.96. The summed E-state index contributed by atoms with van der Waals surface area (Å²) in [4.78, 5) is 27.6. The zero-order valence-corrected chi connectivity index (χ0v) is 15.5. The quantitative estimate of drug-likeness (QED) is 0.642. The second-order valence-electron chi connectivity index (χ2n) is 6.29. The van der Waals surface area contributed by atoms with Gasteiger partial charge in [-0.25, -0.2) is 0 Å². The molecular formula is C18H23N3O6. The fourth-order valence-electron chi connectivity index (χ4n) is 2.47. The minimum Gasteiger partial charge on any atom is -0.485 e. The molecule has 9 nitrogen and oxygen atoms in total. The third-order valence-electron chi connectivity index (χ3n) is 3.72. The van der Waals surface area contributed by atoms with Crippen LogP contribution in [0.15, 0.2) is 28.8 Å². The molecule has 1 unspecified atom stereocenters. The number of nitrogens with one attached hydrogen (secondary N) is 1. The summed E-state index contributed by atoms with van der Waals surface area (Å²) in [6, 6.07) is 6.46. The van der Waals surface area contributed by atoms with Crippen molar-refractivity contribution in [2.24, 2.45) is 0 Å². The maximum atomic E-state index is 12.4. The van der Waals surface area contributed by atoms with Crippen molar-refractivity contribution in [3.63, 3.8) is 0 Å². The number of hydrogen-bond acceptors (Lipinski definition) is 7. The molecule has 0 bridgehead atoms. The number of benzene rings is 1. The highest BCUT2D eigenvalue weighted by atomic mass is 16.5. The Hall–Kier alpha value is -2.94. The van der Waals surface area contributed by atoms with E-state index >= 15 is 0 Å². The fourth-order valence-corrected chi connectivity index (χ4v) is 2.47. The second-order valence-corrected chi connectivity index (χ2v) is 6.29. The number of aliphatic carboxylic acids is 1. The molecule has 0 aliphatic heterocycles. The van der Waals surface area contributed by atoms with Crippen LogP contribution in [0.3, 0.4) is 0 Å². The number of carboxylic acids is 1. The molecule has 1 atom stereocenters. The van der Waals surface area contributed by atoms with E-state index in [1.165, 1.54) is 7.11 Å². The van der Waals surface area contributed by atoms with E-state index in [1.807, 2.05) is 6.92 Å². The molecule has 146 valence electrons. The molecule has 1 amide bonds. The number of hydrogen-bond donors (Lipinski definition) is 2. The van der Waals surface area contributed by atoms with Crippen LogP contribution >= 0.6 is 0 Å². The van der Waals surface area contributed by atoms with Crippen LogP contribution in [-0.2, 0) is 22.6 Å². The van der Waals surface area contributed by atoms with Crippen LogP contribution in [0.25, 0.3) is 0 Å². The number of amides is 1. The Bertz CT molecular complexity index is 774. The van der Waals surface area contributed by atoms with Crippen LogP contribution < -0.4 is 10.1 Å². The lowest BCUT2D eigenvalue weighted by atomic mass is 9.98. The summed E-state index contributed by atoms with van der Waals surface area (Å²) in [5.41, 5.74) is -0.634. The summed E-state index contributed by atoms with van der Waals surface area (Å²) in [6.07, 6.45) is 0.402. The predicted octanol–water partition coefficient (Wildman–Crippen LogP) is 1.82. The van der Waals surface area contributed by atoms with Crippen molar-refractivity contribution in [1.82, 2.24) is 15.5 Å². The molecule has 0 radical (unpaired) electrons. The van der Waals surface area contributed by atoms with Gasteiger partial charge in [0.15, 0.2) is 6.61 Å². The van der Waals surface area contributed by atoms with Crippen molar-refractivity contribution in [3.8, 4) is 5.75 Å². The molecule has 2 rings (SSSR count). The van der Waals surface area contributed by atoms with E-state index in [1.54, 1.807) is 31.2 Å². The van der Waals surface area contributed by atoms with Crippen molar-refractivity contribution in [2.45, 2.75) is 38.8 Å². The van der Waals surface area contributed by atoms with Gasteiger partial charge in [-0.1, -0.05) is 12.1 Å². The number of nitrogens with zero attached hydrogens (tertiary/aromatic N) is 2. The smallest absolute Gasteiger partial charge is 0.305 e. The molecule has 0 aliphatic rings. The fraction of sp³-hybridized carbons (Fsp3) is 0.444. The summed E-state index contributed by atoms with van der Waals surface area (Å²) in [5.74, 6) is 0.109. The highest BCUT2D eigenvalue weighted by molar-refractivity contribution is 5.95. The molecule has 9 heteroatoms. The summed E-state index contributed by atoms with van der Waals surface area (Å²) in [7, 11) is 1.45. The lowest BCUT2D eigenvalue weighted by molar-refractivity contribution is -0.139. The second kappa shape index (κ2) is 9.13. The molecule has 1 aromatic carbocycles. The predicted molar refractivity (Wildman–Crippen MR) is 94.5 cm³/mol.